The highest BCUT2D eigenvalue weighted by Crippen LogP contribution is 2.10. The molecule has 0 aromatic rings. The van der Waals surface area contributed by atoms with Gasteiger partial charge in [0.2, 0.25) is 0 Å². The standard InChI is InChI=1S/C3H8I2Si/c1-2-3-6(4)5/h6H,2-3H2,1H3. The minimum atomic E-state index is -0.231. The summed E-state index contributed by atoms with van der Waals surface area (Å²) in [6.45, 7) is 2.25. The van der Waals surface area contributed by atoms with Crippen LogP contribution in [0.4, 0.5) is 0 Å². The Morgan fingerprint density at radius 3 is 2.00 bits per heavy atom. The number of halogens is 2. The Bertz CT molecular complexity index is 30.0. The summed E-state index contributed by atoms with van der Waals surface area (Å²) in [7, 11) is 0. The quantitative estimate of drug-likeness (QED) is 0.416. The van der Waals surface area contributed by atoms with Crippen LogP contribution in [0, 0.1) is 0 Å². The van der Waals surface area contributed by atoms with Crippen LogP contribution in [-0.4, -0.2) is 3.79 Å². The average Bonchev–Trinajstić information content (AvgIpc) is 1.35. The van der Waals surface area contributed by atoms with Crippen LogP contribution in [0.3, 0.4) is 0 Å². The van der Waals surface area contributed by atoms with Crippen molar-refractivity contribution in [3.8, 4) is 0 Å². The molecule has 0 N–H and O–H groups in total. The van der Waals surface area contributed by atoms with Crippen LogP contribution in [0.1, 0.15) is 13.3 Å². The van der Waals surface area contributed by atoms with E-state index in [-0.39, 0.29) is 3.79 Å². The zero-order valence-electron chi connectivity index (χ0n) is 3.75. The first-order valence-corrected chi connectivity index (χ1v) is 11.2. The molecule has 0 amide bonds. The maximum absolute atomic E-state index is 2.57. The van der Waals surface area contributed by atoms with Crippen LogP contribution in [0.25, 0.3) is 0 Å². The van der Waals surface area contributed by atoms with E-state index in [0.717, 1.165) is 0 Å². The van der Waals surface area contributed by atoms with Gasteiger partial charge < -0.3 is 0 Å². The van der Waals surface area contributed by atoms with Crippen LogP contribution >= 0.6 is 43.6 Å². The van der Waals surface area contributed by atoms with Gasteiger partial charge in [0.25, 0.3) is 0 Å². The zero-order chi connectivity index (χ0) is 4.99. The molecule has 0 rings (SSSR count). The lowest BCUT2D eigenvalue weighted by molar-refractivity contribution is 1.08. The normalized spacial score (nSPS) is 10.0. The summed E-state index contributed by atoms with van der Waals surface area (Å²) in [6.07, 6.45) is 1.38. The molecular formula is C3H8I2Si. The maximum atomic E-state index is 2.57. The van der Waals surface area contributed by atoms with Crippen LogP contribution in [0.5, 0.6) is 0 Å². The van der Waals surface area contributed by atoms with Crippen molar-refractivity contribution in [1.29, 1.82) is 0 Å². The lowest BCUT2D eigenvalue weighted by atomic mass is 10.6. The topological polar surface area (TPSA) is 0 Å². The fourth-order valence-electron chi connectivity index (χ4n) is 0.218. The highest BCUT2D eigenvalue weighted by molar-refractivity contribution is 14.3. The predicted molar refractivity (Wildman–Crippen MR) is 50.3 cm³/mol. The summed E-state index contributed by atoms with van der Waals surface area (Å²) in [4.78, 5) is 0. The molecule has 0 unspecified atom stereocenters. The zero-order valence-corrected chi connectivity index (χ0v) is 9.22. The second-order valence-electron chi connectivity index (χ2n) is 1.18. The highest BCUT2D eigenvalue weighted by atomic mass is 127. The van der Waals surface area contributed by atoms with Crippen LogP contribution in [0.2, 0.25) is 6.04 Å². The minimum Gasteiger partial charge on any atom is -0.109 e. The van der Waals surface area contributed by atoms with Gasteiger partial charge >= 0.3 is 0 Å². The van der Waals surface area contributed by atoms with Gasteiger partial charge in [-0.15, -0.1) is 43.6 Å². The number of hydrogen-bond donors (Lipinski definition) is 0. The van der Waals surface area contributed by atoms with E-state index < -0.39 is 0 Å². The van der Waals surface area contributed by atoms with E-state index in [0.29, 0.717) is 0 Å². The molecule has 0 saturated carbocycles. The van der Waals surface area contributed by atoms with E-state index >= 15 is 0 Å². The van der Waals surface area contributed by atoms with E-state index in [1.807, 2.05) is 0 Å². The van der Waals surface area contributed by atoms with Crippen molar-refractivity contribution < 1.29 is 0 Å². The van der Waals surface area contributed by atoms with Gasteiger partial charge in [-0.25, -0.2) is 0 Å². The fraction of sp³-hybridized carbons (Fsp3) is 1.00. The Hall–Kier alpha value is 1.68. The predicted octanol–water partition coefficient (Wildman–Crippen LogP) is 2.49. The minimum absolute atomic E-state index is 0.231. The monoisotopic (exact) mass is 326 g/mol. The first kappa shape index (κ1) is 7.68. The van der Waals surface area contributed by atoms with Gasteiger partial charge in [0, 0.05) is 0 Å². The first-order valence-electron chi connectivity index (χ1n) is 2.05. The molecule has 0 aromatic heterocycles. The Balaban J connectivity index is 2.63. The molecule has 0 nitrogen and oxygen atoms in total. The third-order valence-corrected chi connectivity index (χ3v) is 5.26. The molecule has 0 atom stereocenters. The number of hydrogen-bond acceptors (Lipinski definition) is 0. The Morgan fingerprint density at radius 1 is 1.50 bits per heavy atom. The Labute approximate surface area is 66.1 Å². The molecule has 0 fully saturated rings. The van der Waals surface area contributed by atoms with E-state index in [4.69, 9.17) is 0 Å². The van der Waals surface area contributed by atoms with Gasteiger partial charge in [-0.1, -0.05) is 13.3 Å². The SMILES string of the molecule is CCC[SiH](I)I. The van der Waals surface area contributed by atoms with Crippen molar-refractivity contribution in [2.45, 2.75) is 19.4 Å². The van der Waals surface area contributed by atoms with Crippen LogP contribution in [-0.2, 0) is 0 Å². The molecule has 0 heterocycles. The highest BCUT2D eigenvalue weighted by Gasteiger charge is 1.93. The summed E-state index contributed by atoms with van der Waals surface area (Å²) >= 11 is 5.14. The van der Waals surface area contributed by atoms with Gasteiger partial charge in [0.05, 0.1) is 0 Å². The van der Waals surface area contributed by atoms with Gasteiger partial charge in [0.15, 0.2) is 3.79 Å². The second kappa shape index (κ2) is 4.83. The van der Waals surface area contributed by atoms with Gasteiger partial charge in [-0.2, -0.15) is 0 Å². The Kier molecular flexibility index (Phi) is 6.18. The number of rotatable bonds is 2. The maximum Gasteiger partial charge on any atom is 0.177 e. The summed E-state index contributed by atoms with van der Waals surface area (Å²) in [5.74, 6) is 0. The molecule has 0 aliphatic carbocycles. The third-order valence-electron chi connectivity index (χ3n) is 0.507. The van der Waals surface area contributed by atoms with Crippen molar-refractivity contribution in [3.05, 3.63) is 0 Å². The molecule has 38 valence electrons. The Morgan fingerprint density at radius 2 is 2.00 bits per heavy atom. The van der Waals surface area contributed by atoms with Crippen LogP contribution in [0.15, 0.2) is 0 Å². The second-order valence-corrected chi connectivity index (χ2v) is 18.7. The van der Waals surface area contributed by atoms with Crippen molar-refractivity contribution >= 4 is 47.4 Å². The van der Waals surface area contributed by atoms with E-state index in [9.17, 15) is 0 Å². The smallest absolute Gasteiger partial charge is 0.109 e. The molecule has 0 bridgehead atoms. The van der Waals surface area contributed by atoms with E-state index in [2.05, 4.69) is 50.5 Å². The first-order chi connectivity index (χ1) is 2.77. The molecule has 0 aliphatic heterocycles. The van der Waals surface area contributed by atoms with Crippen molar-refractivity contribution in [1.82, 2.24) is 0 Å². The molecule has 0 aromatic carbocycles. The molecule has 0 spiro atoms. The van der Waals surface area contributed by atoms with Crippen molar-refractivity contribution in [2.75, 3.05) is 0 Å². The molecule has 3 heteroatoms. The summed E-state index contributed by atoms with van der Waals surface area (Å²) < 4.78 is -0.231. The van der Waals surface area contributed by atoms with Gasteiger partial charge in [0.1, 0.15) is 0 Å². The molecule has 0 saturated heterocycles. The van der Waals surface area contributed by atoms with Crippen molar-refractivity contribution in [3.63, 3.8) is 0 Å². The summed E-state index contributed by atoms with van der Waals surface area (Å²) in [6, 6.07) is 1.49. The van der Waals surface area contributed by atoms with Crippen LogP contribution < -0.4 is 0 Å². The largest absolute Gasteiger partial charge is 0.177 e. The van der Waals surface area contributed by atoms with Gasteiger partial charge in [-0.3, -0.25) is 0 Å². The summed E-state index contributed by atoms with van der Waals surface area (Å²) in [5.41, 5.74) is 0. The van der Waals surface area contributed by atoms with Crippen molar-refractivity contribution in [2.24, 2.45) is 0 Å². The lowest BCUT2D eigenvalue weighted by Crippen LogP contribution is -1.84. The summed E-state index contributed by atoms with van der Waals surface area (Å²) in [5, 5.41) is 0. The fourth-order valence-corrected chi connectivity index (χ4v) is 4.39. The molecule has 0 aliphatic rings. The van der Waals surface area contributed by atoms with E-state index in [1.54, 1.807) is 0 Å². The molecule has 0 radical (unpaired) electrons. The third kappa shape index (κ3) is 5.68. The molecular weight excluding hydrogens is 318 g/mol. The lowest BCUT2D eigenvalue weighted by Gasteiger charge is -1.89. The van der Waals surface area contributed by atoms with E-state index in [1.165, 1.54) is 12.5 Å². The van der Waals surface area contributed by atoms with Gasteiger partial charge in [-0.05, 0) is 6.04 Å². The average molecular weight is 326 g/mol. The molecule has 6 heavy (non-hydrogen) atoms.